The third-order valence-electron chi connectivity index (χ3n) is 11.2. The summed E-state index contributed by atoms with van der Waals surface area (Å²) in [6.07, 6.45) is -1.88. The van der Waals surface area contributed by atoms with Gasteiger partial charge in [0.25, 0.3) is 0 Å². The number of amides is 2. The number of carbonyl (C=O) groups excluding carboxylic acids is 2. The largest absolute Gasteiger partial charge is 0.435 e. The maximum atomic E-state index is 12.8. The zero-order valence-electron chi connectivity index (χ0n) is 32.6. The summed E-state index contributed by atoms with van der Waals surface area (Å²) in [4.78, 5) is 45.6. The molecule has 0 aromatic carbocycles. The molecule has 4 aromatic heterocycles. The minimum Gasteiger partial charge on any atom is -0.351 e. The Labute approximate surface area is 329 Å². The summed E-state index contributed by atoms with van der Waals surface area (Å²) in [5.74, 6) is 1.95. The number of rotatable bonds is 6. The second-order valence-electron chi connectivity index (χ2n) is 15.2. The van der Waals surface area contributed by atoms with Gasteiger partial charge in [-0.1, -0.05) is 0 Å². The van der Waals surface area contributed by atoms with Gasteiger partial charge in [0.15, 0.2) is 23.0 Å². The molecule has 4 aliphatic rings. The van der Waals surface area contributed by atoms with Gasteiger partial charge in [-0.3, -0.25) is 19.0 Å². The van der Waals surface area contributed by atoms with E-state index in [0.717, 1.165) is 25.0 Å². The first-order chi connectivity index (χ1) is 27.3. The summed E-state index contributed by atoms with van der Waals surface area (Å²) in [5, 5.41) is 19.6. The highest BCUT2D eigenvalue weighted by Crippen LogP contribution is 2.38. The molecule has 22 heteroatoms. The first-order valence-electron chi connectivity index (χ1n) is 18.9. The van der Waals surface area contributed by atoms with Crippen LogP contribution in [0, 0.1) is 13.8 Å². The van der Waals surface area contributed by atoms with Crippen molar-refractivity contribution in [2.75, 3.05) is 45.2 Å². The van der Waals surface area contributed by atoms with Crippen molar-refractivity contribution in [3.8, 4) is 0 Å². The lowest BCUT2D eigenvalue weighted by Crippen LogP contribution is -2.45. The van der Waals surface area contributed by atoms with Gasteiger partial charge >= 0.3 is 12.4 Å². The fraction of sp³-hybridized carbons (Fsp3) is 0.556. The third kappa shape index (κ3) is 8.17. The van der Waals surface area contributed by atoms with E-state index in [-0.39, 0.29) is 48.1 Å². The van der Waals surface area contributed by atoms with Crippen molar-refractivity contribution >= 4 is 46.7 Å². The lowest BCUT2D eigenvalue weighted by molar-refractivity contribution is -0.142. The molecule has 6 atom stereocenters. The molecule has 312 valence electrons. The van der Waals surface area contributed by atoms with Crippen LogP contribution < -0.4 is 31.1 Å². The summed E-state index contributed by atoms with van der Waals surface area (Å²) in [6.45, 7) is 7.19. The Morgan fingerprint density at radius 1 is 0.638 bits per heavy atom. The number of likely N-dealkylation sites (N-methyl/N-ethyl adjacent to an activating group) is 2. The predicted molar refractivity (Wildman–Crippen MR) is 202 cm³/mol. The molecule has 4 N–H and O–H groups in total. The minimum atomic E-state index is -4.44. The SMILES string of the molecule is Cc1nc(N[C@@H]2CC[C@@H](n3ccc(C(F)(F)F)n3)C2)nc2c1NC(=O)[C@H](C)N2C.Cc1nc(N[C@H]2CC[C@H](n3ccc(C(F)(F)F)n3)C2)nc2c1NC(=O)[C@H](C)N2C. The van der Waals surface area contributed by atoms with E-state index in [1.807, 2.05) is 0 Å². The van der Waals surface area contributed by atoms with Gasteiger partial charge in [-0.15, -0.1) is 0 Å². The number of aryl methyl sites for hydroxylation is 2. The Morgan fingerprint density at radius 2 is 1.02 bits per heavy atom. The third-order valence-corrected chi connectivity index (χ3v) is 11.2. The second-order valence-corrected chi connectivity index (χ2v) is 15.2. The maximum absolute atomic E-state index is 12.8. The quantitative estimate of drug-likeness (QED) is 0.168. The number of anilines is 6. The van der Waals surface area contributed by atoms with Gasteiger partial charge in [-0.05, 0) is 78.4 Å². The van der Waals surface area contributed by atoms with Gasteiger partial charge in [-0.2, -0.15) is 46.5 Å². The molecule has 0 unspecified atom stereocenters. The number of nitrogens with one attached hydrogen (secondary N) is 4. The van der Waals surface area contributed by atoms with Crippen LogP contribution >= 0.6 is 0 Å². The van der Waals surface area contributed by atoms with Crippen LogP contribution in [0.25, 0.3) is 0 Å². The summed E-state index contributed by atoms with van der Waals surface area (Å²) < 4.78 is 79.5. The van der Waals surface area contributed by atoms with E-state index in [4.69, 9.17) is 0 Å². The first-order valence-corrected chi connectivity index (χ1v) is 18.9. The molecule has 2 amide bonds. The van der Waals surface area contributed by atoms with Gasteiger partial charge in [-0.25, -0.2) is 9.97 Å². The van der Waals surface area contributed by atoms with Crippen LogP contribution in [0.15, 0.2) is 24.5 Å². The van der Waals surface area contributed by atoms with Crippen LogP contribution in [0.2, 0.25) is 0 Å². The highest BCUT2D eigenvalue weighted by Gasteiger charge is 2.38. The van der Waals surface area contributed by atoms with Crippen molar-refractivity contribution in [3.63, 3.8) is 0 Å². The minimum absolute atomic E-state index is 0.0249. The van der Waals surface area contributed by atoms with Crippen LogP contribution in [0.4, 0.5) is 61.2 Å². The standard InChI is InChI=1S/2C18H22F3N7O/c2*1-9-14-15(27(3)10(2)16(29)24-14)25-17(22-9)23-11-4-5-12(8-11)28-7-6-13(26-28)18(19,20)21/h2*6-7,10-12H,4-5,8H2,1-3H3,(H,24,29)(H,22,23,25)/t10-,11+,12+;10-,11-,12-/m00/s1. The molecule has 6 heterocycles. The van der Waals surface area contributed by atoms with Crippen LogP contribution in [-0.4, -0.2) is 89.6 Å². The predicted octanol–water partition coefficient (Wildman–Crippen LogP) is 5.97. The van der Waals surface area contributed by atoms with Gasteiger partial charge in [0.2, 0.25) is 23.7 Å². The molecule has 0 bridgehead atoms. The van der Waals surface area contributed by atoms with E-state index in [0.29, 0.717) is 72.0 Å². The zero-order chi connectivity index (χ0) is 41.8. The highest BCUT2D eigenvalue weighted by molar-refractivity contribution is 6.03. The summed E-state index contributed by atoms with van der Waals surface area (Å²) in [5.41, 5.74) is 0.758. The number of hydrogen-bond acceptors (Lipinski definition) is 12. The molecular formula is C36H44F6N14O2. The molecule has 0 saturated heterocycles. The van der Waals surface area contributed by atoms with Gasteiger partial charge < -0.3 is 31.1 Å². The van der Waals surface area contributed by atoms with E-state index in [9.17, 15) is 35.9 Å². The van der Waals surface area contributed by atoms with Crippen molar-refractivity contribution in [2.45, 2.75) is 115 Å². The fourth-order valence-corrected chi connectivity index (χ4v) is 7.63. The van der Waals surface area contributed by atoms with Crippen molar-refractivity contribution in [1.82, 2.24) is 39.5 Å². The number of halogens is 6. The Morgan fingerprint density at radius 3 is 1.36 bits per heavy atom. The number of fused-ring (bicyclic) bond motifs is 2. The van der Waals surface area contributed by atoms with Crippen LogP contribution in [-0.2, 0) is 21.9 Å². The van der Waals surface area contributed by atoms with E-state index >= 15 is 0 Å². The number of nitrogens with zero attached hydrogens (tertiary/aromatic N) is 10. The second kappa shape index (κ2) is 15.2. The van der Waals surface area contributed by atoms with E-state index in [1.165, 1.54) is 21.8 Å². The highest BCUT2D eigenvalue weighted by atomic mass is 19.4. The Hall–Kier alpha value is -5.70. The monoisotopic (exact) mass is 818 g/mol. The Balaban J connectivity index is 0.000000177. The molecule has 2 fully saturated rings. The average molecular weight is 819 g/mol. The van der Waals surface area contributed by atoms with Crippen molar-refractivity contribution in [1.29, 1.82) is 0 Å². The van der Waals surface area contributed by atoms with Crippen LogP contribution in [0.1, 0.15) is 87.2 Å². The van der Waals surface area contributed by atoms with E-state index in [1.54, 1.807) is 51.6 Å². The van der Waals surface area contributed by atoms with Crippen molar-refractivity contribution < 1.29 is 35.9 Å². The van der Waals surface area contributed by atoms with Crippen LogP contribution in [0.3, 0.4) is 0 Å². The van der Waals surface area contributed by atoms with Crippen LogP contribution in [0.5, 0.6) is 0 Å². The molecular weight excluding hydrogens is 774 g/mol. The molecule has 0 spiro atoms. The summed E-state index contributed by atoms with van der Waals surface area (Å²) >= 11 is 0. The normalized spacial score (nSPS) is 24.4. The van der Waals surface area contributed by atoms with Crippen molar-refractivity contribution in [3.05, 3.63) is 47.3 Å². The zero-order valence-corrected chi connectivity index (χ0v) is 32.6. The number of aromatic nitrogens is 8. The van der Waals surface area contributed by atoms with Gasteiger partial charge in [0.05, 0.1) is 23.5 Å². The molecule has 0 radical (unpaired) electrons. The number of carbonyl (C=O) groups is 2. The maximum Gasteiger partial charge on any atom is 0.435 e. The Bertz CT molecular complexity index is 2040. The summed E-state index contributed by atoms with van der Waals surface area (Å²) in [6, 6.07) is 1.15. The molecule has 4 aromatic rings. The van der Waals surface area contributed by atoms with Gasteiger partial charge in [0, 0.05) is 38.6 Å². The topological polar surface area (TPSA) is 176 Å². The van der Waals surface area contributed by atoms with E-state index < -0.39 is 23.7 Å². The molecule has 8 rings (SSSR count). The fourth-order valence-electron chi connectivity index (χ4n) is 7.63. The lowest BCUT2D eigenvalue weighted by atomic mass is 10.2. The smallest absolute Gasteiger partial charge is 0.351 e. The lowest BCUT2D eigenvalue weighted by Gasteiger charge is -2.32. The molecule has 16 nitrogen and oxygen atoms in total. The van der Waals surface area contributed by atoms with E-state index in [2.05, 4.69) is 51.4 Å². The molecule has 2 aliphatic heterocycles. The number of hydrogen-bond donors (Lipinski definition) is 4. The average Bonchev–Trinajstić information content (AvgIpc) is 3.98. The van der Waals surface area contributed by atoms with Gasteiger partial charge in [0.1, 0.15) is 23.5 Å². The molecule has 2 aliphatic carbocycles. The first kappa shape index (κ1) is 40.5. The molecule has 58 heavy (non-hydrogen) atoms. The van der Waals surface area contributed by atoms with Crippen molar-refractivity contribution in [2.24, 2.45) is 0 Å². The number of alkyl halides is 6. The Kier molecular flexibility index (Phi) is 10.6. The summed E-state index contributed by atoms with van der Waals surface area (Å²) in [7, 11) is 3.61. The molecule has 2 saturated carbocycles.